The van der Waals surface area contributed by atoms with Crippen molar-refractivity contribution in [3.63, 3.8) is 0 Å². The summed E-state index contributed by atoms with van der Waals surface area (Å²) in [5.74, 6) is -0.298. The number of aldehydes is 1. The van der Waals surface area contributed by atoms with E-state index in [0.29, 0.717) is 11.3 Å². The van der Waals surface area contributed by atoms with Gasteiger partial charge in [0, 0.05) is 5.56 Å². The third-order valence-electron chi connectivity index (χ3n) is 2.36. The monoisotopic (exact) mass is 242 g/mol. The van der Waals surface area contributed by atoms with Gasteiger partial charge in [-0.2, -0.15) is 0 Å². The van der Waals surface area contributed by atoms with Crippen LogP contribution in [0.15, 0.2) is 48.5 Å². The summed E-state index contributed by atoms with van der Waals surface area (Å²) in [5.41, 5.74) is 0.630. The van der Waals surface area contributed by atoms with E-state index in [1.165, 1.54) is 6.07 Å². The molecular formula is C14H10O4. The minimum absolute atomic E-state index is 0.0944. The maximum absolute atomic E-state index is 11.0. The zero-order valence-electron chi connectivity index (χ0n) is 9.37. The van der Waals surface area contributed by atoms with Gasteiger partial charge >= 0.3 is 5.97 Å². The molecule has 0 bridgehead atoms. The first-order chi connectivity index (χ1) is 8.70. The summed E-state index contributed by atoms with van der Waals surface area (Å²) in [5, 5.41) is 9.00. The molecule has 0 fully saturated rings. The van der Waals surface area contributed by atoms with Crippen molar-refractivity contribution >= 4 is 12.3 Å². The quantitative estimate of drug-likeness (QED) is 0.837. The highest BCUT2D eigenvalue weighted by Gasteiger charge is 2.10. The average Bonchev–Trinajstić information content (AvgIpc) is 2.40. The number of para-hydroxylation sites is 1. The lowest BCUT2D eigenvalue weighted by atomic mass is 10.2. The van der Waals surface area contributed by atoms with E-state index in [1.54, 1.807) is 42.5 Å². The lowest BCUT2D eigenvalue weighted by molar-refractivity contribution is 0.0694. The van der Waals surface area contributed by atoms with Crippen LogP contribution >= 0.6 is 0 Å². The van der Waals surface area contributed by atoms with Crippen molar-refractivity contribution in [2.24, 2.45) is 0 Å². The number of hydrogen-bond acceptors (Lipinski definition) is 3. The molecule has 0 spiro atoms. The van der Waals surface area contributed by atoms with Gasteiger partial charge < -0.3 is 9.84 Å². The molecule has 18 heavy (non-hydrogen) atoms. The zero-order chi connectivity index (χ0) is 13.0. The van der Waals surface area contributed by atoms with E-state index in [-0.39, 0.29) is 11.3 Å². The van der Waals surface area contributed by atoms with Crippen molar-refractivity contribution in [1.29, 1.82) is 0 Å². The third kappa shape index (κ3) is 2.55. The van der Waals surface area contributed by atoms with E-state index in [4.69, 9.17) is 9.84 Å². The molecule has 0 aliphatic heterocycles. The van der Waals surface area contributed by atoms with E-state index in [2.05, 4.69) is 0 Å². The molecule has 90 valence electrons. The fourth-order valence-electron chi connectivity index (χ4n) is 1.47. The van der Waals surface area contributed by atoms with Gasteiger partial charge in [0.15, 0.2) is 0 Å². The molecule has 2 rings (SSSR count). The summed E-state index contributed by atoms with van der Waals surface area (Å²) in [6.45, 7) is 0. The first-order valence-electron chi connectivity index (χ1n) is 5.26. The Kier molecular flexibility index (Phi) is 3.38. The van der Waals surface area contributed by atoms with Crippen molar-refractivity contribution in [2.45, 2.75) is 0 Å². The molecular weight excluding hydrogens is 232 g/mol. The smallest absolute Gasteiger partial charge is 0.339 e. The van der Waals surface area contributed by atoms with Crippen LogP contribution in [0.5, 0.6) is 11.5 Å². The molecule has 0 saturated heterocycles. The standard InChI is InChI=1S/C14H10O4/c15-9-10-5-7-11(8-6-10)18-13-4-2-1-3-12(13)14(16)17/h1-9H,(H,16,17). The summed E-state index contributed by atoms with van der Waals surface area (Å²) < 4.78 is 5.47. The van der Waals surface area contributed by atoms with Crippen LogP contribution in [0.4, 0.5) is 0 Å². The molecule has 4 heteroatoms. The van der Waals surface area contributed by atoms with Gasteiger partial charge in [0.05, 0.1) is 0 Å². The van der Waals surface area contributed by atoms with Gasteiger partial charge in [-0.25, -0.2) is 4.79 Å². The Labute approximate surface area is 103 Å². The van der Waals surface area contributed by atoms with E-state index < -0.39 is 5.97 Å². The predicted molar refractivity (Wildman–Crippen MR) is 65.3 cm³/mol. The molecule has 0 aromatic heterocycles. The lowest BCUT2D eigenvalue weighted by Crippen LogP contribution is -1.99. The van der Waals surface area contributed by atoms with Gasteiger partial charge in [-0.3, -0.25) is 4.79 Å². The second-order valence-corrected chi connectivity index (χ2v) is 3.59. The number of hydrogen-bond donors (Lipinski definition) is 1. The minimum atomic E-state index is -1.05. The number of carboxylic acids is 1. The number of benzene rings is 2. The summed E-state index contributed by atoms with van der Waals surface area (Å²) in [4.78, 5) is 21.5. The second kappa shape index (κ2) is 5.14. The van der Waals surface area contributed by atoms with Crippen LogP contribution in [0.25, 0.3) is 0 Å². The summed E-state index contributed by atoms with van der Waals surface area (Å²) >= 11 is 0. The molecule has 2 aromatic rings. The van der Waals surface area contributed by atoms with Crippen LogP contribution in [-0.4, -0.2) is 17.4 Å². The Morgan fingerprint density at radius 3 is 2.33 bits per heavy atom. The average molecular weight is 242 g/mol. The van der Waals surface area contributed by atoms with Crippen molar-refractivity contribution in [3.8, 4) is 11.5 Å². The van der Waals surface area contributed by atoms with E-state index in [0.717, 1.165) is 6.29 Å². The van der Waals surface area contributed by atoms with Crippen LogP contribution in [0.2, 0.25) is 0 Å². The van der Waals surface area contributed by atoms with Gasteiger partial charge in [-0.15, -0.1) is 0 Å². The van der Waals surface area contributed by atoms with Crippen molar-refractivity contribution in [3.05, 3.63) is 59.7 Å². The molecule has 0 aliphatic rings. The Hall–Kier alpha value is -2.62. The normalized spacial score (nSPS) is 9.78. The van der Waals surface area contributed by atoms with E-state index >= 15 is 0 Å². The Bertz CT molecular complexity index is 573. The second-order valence-electron chi connectivity index (χ2n) is 3.59. The molecule has 0 atom stereocenters. The molecule has 1 N–H and O–H groups in total. The fraction of sp³-hybridized carbons (Fsp3) is 0. The van der Waals surface area contributed by atoms with Crippen LogP contribution < -0.4 is 4.74 Å². The first-order valence-corrected chi connectivity index (χ1v) is 5.26. The van der Waals surface area contributed by atoms with Gasteiger partial charge in [0.25, 0.3) is 0 Å². The molecule has 0 amide bonds. The summed E-state index contributed by atoms with van der Waals surface area (Å²) in [6.07, 6.45) is 0.731. The molecule has 0 radical (unpaired) electrons. The highest BCUT2D eigenvalue weighted by atomic mass is 16.5. The van der Waals surface area contributed by atoms with Crippen molar-refractivity contribution in [1.82, 2.24) is 0 Å². The third-order valence-corrected chi connectivity index (χ3v) is 2.36. The SMILES string of the molecule is O=Cc1ccc(Oc2ccccc2C(=O)O)cc1. The Morgan fingerprint density at radius 2 is 1.72 bits per heavy atom. The maximum atomic E-state index is 11.0. The van der Waals surface area contributed by atoms with Crippen LogP contribution in [0.1, 0.15) is 20.7 Å². The number of carbonyl (C=O) groups is 2. The predicted octanol–water partition coefficient (Wildman–Crippen LogP) is 2.99. The number of rotatable bonds is 4. The number of carboxylic acid groups (broad SMARTS) is 1. The maximum Gasteiger partial charge on any atom is 0.339 e. The van der Waals surface area contributed by atoms with Crippen molar-refractivity contribution < 1.29 is 19.4 Å². The molecule has 0 aliphatic carbocycles. The Balaban J connectivity index is 2.28. The van der Waals surface area contributed by atoms with Crippen molar-refractivity contribution in [2.75, 3.05) is 0 Å². The fourth-order valence-corrected chi connectivity index (χ4v) is 1.47. The molecule has 0 heterocycles. The lowest BCUT2D eigenvalue weighted by Gasteiger charge is -2.08. The van der Waals surface area contributed by atoms with E-state index in [9.17, 15) is 9.59 Å². The Morgan fingerprint density at radius 1 is 1.06 bits per heavy atom. The van der Waals surface area contributed by atoms with E-state index in [1.807, 2.05) is 0 Å². The summed E-state index contributed by atoms with van der Waals surface area (Å²) in [7, 11) is 0. The molecule has 0 saturated carbocycles. The highest BCUT2D eigenvalue weighted by Crippen LogP contribution is 2.25. The largest absolute Gasteiger partial charge is 0.478 e. The highest BCUT2D eigenvalue weighted by molar-refractivity contribution is 5.90. The minimum Gasteiger partial charge on any atom is -0.478 e. The zero-order valence-corrected chi connectivity index (χ0v) is 9.37. The van der Waals surface area contributed by atoms with Crippen LogP contribution in [0, 0.1) is 0 Å². The van der Waals surface area contributed by atoms with Crippen LogP contribution in [0.3, 0.4) is 0 Å². The van der Waals surface area contributed by atoms with Crippen LogP contribution in [-0.2, 0) is 0 Å². The number of carbonyl (C=O) groups excluding carboxylic acids is 1. The number of aromatic carboxylic acids is 1. The molecule has 4 nitrogen and oxygen atoms in total. The van der Waals surface area contributed by atoms with Gasteiger partial charge in [0.2, 0.25) is 0 Å². The van der Waals surface area contributed by atoms with Gasteiger partial charge in [-0.05, 0) is 36.4 Å². The number of ether oxygens (including phenoxy) is 1. The topological polar surface area (TPSA) is 63.6 Å². The van der Waals surface area contributed by atoms with Gasteiger partial charge in [0.1, 0.15) is 23.3 Å². The first kappa shape index (κ1) is 11.9. The van der Waals surface area contributed by atoms with Gasteiger partial charge in [-0.1, -0.05) is 12.1 Å². The summed E-state index contributed by atoms with van der Waals surface area (Å²) in [6, 6.07) is 12.8. The molecule has 2 aromatic carbocycles. The molecule has 0 unspecified atom stereocenters.